The fourth-order valence-corrected chi connectivity index (χ4v) is 2.56. The number of hydrogen-bond acceptors (Lipinski definition) is 5. The Kier molecular flexibility index (Phi) is 4.20. The zero-order valence-corrected chi connectivity index (χ0v) is 13.2. The second-order valence-corrected chi connectivity index (χ2v) is 5.63. The number of likely N-dealkylation sites (N-methyl/N-ethyl adjacent to an activating group) is 2. The van der Waals surface area contributed by atoms with Gasteiger partial charge in [0.2, 0.25) is 5.75 Å². The van der Waals surface area contributed by atoms with Gasteiger partial charge in [-0.05, 0) is 19.8 Å². The predicted molar refractivity (Wildman–Crippen MR) is 78.3 cm³/mol. The highest BCUT2D eigenvalue weighted by molar-refractivity contribution is 6.34. The summed E-state index contributed by atoms with van der Waals surface area (Å²) in [5.41, 5.74) is -0.282. The number of rotatable bonds is 1. The van der Waals surface area contributed by atoms with Crippen LogP contribution in [0.4, 0.5) is 0 Å². The molecule has 0 aromatic carbocycles. The maximum atomic E-state index is 12.2. The summed E-state index contributed by atoms with van der Waals surface area (Å²) in [6.07, 6.45) is 1.27. The van der Waals surface area contributed by atoms with E-state index >= 15 is 0 Å². The molecule has 1 aliphatic rings. The molecule has 8 heteroatoms. The van der Waals surface area contributed by atoms with E-state index in [1.54, 1.807) is 0 Å². The number of fused-ring (bicyclic) bond motifs is 1. The highest BCUT2D eigenvalue weighted by Crippen LogP contribution is 2.28. The second kappa shape index (κ2) is 5.78. The third-order valence-electron chi connectivity index (χ3n) is 3.88. The van der Waals surface area contributed by atoms with E-state index < -0.39 is 23.4 Å². The van der Waals surface area contributed by atoms with Gasteiger partial charge in [0.05, 0.1) is 11.7 Å². The molecule has 0 spiro atoms. The Balaban J connectivity index is 2.43. The molecule has 2 heterocycles. The monoisotopic (exact) mass is 308 g/mol. The van der Waals surface area contributed by atoms with E-state index in [9.17, 15) is 19.5 Å². The van der Waals surface area contributed by atoms with Crippen molar-refractivity contribution in [1.82, 2.24) is 19.4 Å². The van der Waals surface area contributed by atoms with E-state index in [4.69, 9.17) is 0 Å². The molecular formula is C14H20N4O4. The minimum absolute atomic E-state index is 0.225. The molecule has 1 atom stereocenters. The lowest BCUT2D eigenvalue weighted by atomic mass is 10.0. The molecule has 8 nitrogen and oxygen atoms in total. The van der Waals surface area contributed by atoms with Crippen molar-refractivity contribution in [2.75, 3.05) is 21.1 Å². The van der Waals surface area contributed by atoms with Crippen LogP contribution in [0.5, 0.6) is 5.75 Å². The first-order valence-corrected chi connectivity index (χ1v) is 7.04. The van der Waals surface area contributed by atoms with Crippen molar-refractivity contribution in [2.45, 2.75) is 32.4 Å². The summed E-state index contributed by atoms with van der Waals surface area (Å²) < 4.78 is 1.38. The molecule has 2 rings (SSSR count). The average Bonchev–Trinajstić information content (AvgIpc) is 2.50. The van der Waals surface area contributed by atoms with Gasteiger partial charge in [0.25, 0.3) is 5.56 Å². The molecule has 120 valence electrons. The van der Waals surface area contributed by atoms with Crippen LogP contribution < -0.4 is 5.56 Å². The zero-order chi connectivity index (χ0) is 16.6. The van der Waals surface area contributed by atoms with E-state index in [1.165, 1.54) is 42.4 Å². The van der Waals surface area contributed by atoms with Crippen molar-refractivity contribution in [3.8, 4) is 5.75 Å². The minimum atomic E-state index is -0.650. The number of hydrogen-bond donors (Lipinski definition) is 1. The highest BCUT2D eigenvalue weighted by atomic mass is 16.3. The summed E-state index contributed by atoms with van der Waals surface area (Å²) in [6, 6.07) is -0.461. The largest absolute Gasteiger partial charge is 0.502 e. The summed E-state index contributed by atoms with van der Waals surface area (Å²) in [5, 5.41) is 9.72. The predicted octanol–water partition coefficient (Wildman–Crippen LogP) is -0.361. The lowest BCUT2D eigenvalue weighted by molar-refractivity contribution is -0.151. The summed E-state index contributed by atoms with van der Waals surface area (Å²) in [6.45, 7) is 1.98. The number of aromatic hydroxyl groups is 1. The van der Waals surface area contributed by atoms with E-state index in [-0.39, 0.29) is 11.4 Å². The third kappa shape index (κ3) is 2.56. The Morgan fingerprint density at radius 3 is 2.50 bits per heavy atom. The number of amides is 2. The van der Waals surface area contributed by atoms with Crippen molar-refractivity contribution >= 4 is 11.8 Å². The molecule has 0 bridgehead atoms. The number of aromatic nitrogens is 2. The third-order valence-corrected chi connectivity index (χ3v) is 3.88. The second-order valence-electron chi connectivity index (χ2n) is 5.63. The molecule has 1 aromatic heterocycles. The maximum Gasteiger partial charge on any atom is 0.312 e. The van der Waals surface area contributed by atoms with Crippen LogP contribution in [0.1, 0.15) is 30.4 Å². The molecule has 0 saturated carbocycles. The van der Waals surface area contributed by atoms with Crippen LogP contribution in [0, 0.1) is 6.92 Å². The van der Waals surface area contributed by atoms with E-state index in [2.05, 4.69) is 4.98 Å². The average molecular weight is 308 g/mol. The summed E-state index contributed by atoms with van der Waals surface area (Å²) in [7, 11) is 4.54. The van der Waals surface area contributed by atoms with Gasteiger partial charge in [0.1, 0.15) is 5.82 Å². The molecule has 1 N–H and O–H groups in total. The van der Waals surface area contributed by atoms with Crippen molar-refractivity contribution in [2.24, 2.45) is 0 Å². The quantitative estimate of drug-likeness (QED) is 0.715. The molecule has 1 aliphatic heterocycles. The van der Waals surface area contributed by atoms with Gasteiger partial charge in [-0.15, -0.1) is 0 Å². The van der Waals surface area contributed by atoms with Crippen LogP contribution in [-0.4, -0.2) is 57.4 Å². The van der Waals surface area contributed by atoms with Crippen LogP contribution in [0.25, 0.3) is 0 Å². The van der Waals surface area contributed by atoms with Gasteiger partial charge in [-0.1, -0.05) is 0 Å². The summed E-state index contributed by atoms with van der Waals surface area (Å²) in [5.74, 6) is -1.24. The summed E-state index contributed by atoms with van der Waals surface area (Å²) in [4.78, 5) is 42.9. The topological polar surface area (TPSA) is 95.7 Å². The standard InChI is InChI=1S/C14H20N4O4/c1-8-10(19)12(20)18-7-5-6-9(11(18)15-8)17(4)14(22)13(21)16(2)3/h9,19H,5-7H2,1-4H3. The Morgan fingerprint density at radius 2 is 1.91 bits per heavy atom. The fraction of sp³-hybridized carbons (Fsp3) is 0.571. The molecule has 0 fully saturated rings. The van der Waals surface area contributed by atoms with Crippen molar-refractivity contribution in [3.63, 3.8) is 0 Å². The Hall–Kier alpha value is -2.38. The van der Waals surface area contributed by atoms with Crippen molar-refractivity contribution < 1.29 is 14.7 Å². The number of nitrogens with zero attached hydrogens (tertiary/aromatic N) is 4. The number of carbonyl (C=O) groups excluding carboxylic acids is 2. The molecular weight excluding hydrogens is 288 g/mol. The zero-order valence-electron chi connectivity index (χ0n) is 13.2. The molecule has 1 unspecified atom stereocenters. The number of aryl methyl sites for hydroxylation is 1. The molecule has 0 radical (unpaired) electrons. The Labute approximate surface area is 128 Å². The van der Waals surface area contributed by atoms with Gasteiger partial charge >= 0.3 is 11.8 Å². The Bertz CT molecular complexity index is 680. The van der Waals surface area contributed by atoms with Gasteiger partial charge in [-0.2, -0.15) is 0 Å². The first-order valence-electron chi connectivity index (χ1n) is 7.04. The normalized spacial score (nSPS) is 16.8. The van der Waals surface area contributed by atoms with E-state index in [0.717, 1.165) is 0 Å². The lowest BCUT2D eigenvalue weighted by Crippen LogP contribution is -2.45. The van der Waals surface area contributed by atoms with Gasteiger partial charge in [0.15, 0.2) is 0 Å². The van der Waals surface area contributed by atoms with Crippen LogP contribution in [-0.2, 0) is 16.1 Å². The molecule has 22 heavy (non-hydrogen) atoms. The highest BCUT2D eigenvalue weighted by Gasteiger charge is 2.33. The molecule has 1 aromatic rings. The van der Waals surface area contributed by atoms with E-state index in [1.807, 2.05) is 0 Å². The van der Waals surface area contributed by atoms with Crippen LogP contribution in [0.2, 0.25) is 0 Å². The van der Waals surface area contributed by atoms with E-state index in [0.29, 0.717) is 25.2 Å². The van der Waals surface area contributed by atoms with Gasteiger partial charge in [0, 0.05) is 27.7 Å². The fourth-order valence-electron chi connectivity index (χ4n) is 2.56. The maximum absolute atomic E-state index is 12.2. The molecule has 0 saturated heterocycles. The molecule has 2 amide bonds. The van der Waals surface area contributed by atoms with Crippen molar-refractivity contribution in [1.29, 1.82) is 0 Å². The first kappa shape index (κ1) is 16.0. The van der Waals surface area contributed by atoms with Gasteiger partial charge < -0.3 is 14.9 Å². The smallest absolute Gasteiger partial charge is 0.312 e. The Morgan fingerprint density at radius 1 is 1.27 bits per heavy atom. The SMILES string of the molecule is Cc1nc2n(c(=O)c1O)CCCC2N(C)C(=O)C(=O)N(C)C. The number of carbonyl (C=O) groups is 2. The van der Waals surface area contributed by atoms with Crippen LogP contribution >= 0.6 is 0 Å². The van der Waals surface area contributed by atoms with Gasteiger partial charge in [-0.3, -0.25) is 19.0 Å². The van der Waals surface area contributed by atoms with Gasteiger partial charge in [-0.25, -0.2) is 4.98 Å². The van der Waals surface area contributed by atoms with Crippen molar-refractivity contribution in [3.05, 3.63) is 21.9 Å². The minimum Gasteiger partial charge on any atom is -0.502 e. The van der Waals surface area contributed by atoms with Crippen LogP contribution in [0.3, 0.4) is 0 Å². The lowest BCUT2D eigenvalue weighted by Gasteiger charge is -2.33. The molecule has 0 aliphatic carbocycles. The summed E-state index contributed by atoms with van der Waals surface area (Å²) >= 11 is 0. The first-order chi connectivity index (χ1) is 10.3. The van der Waals surface area contributed by atoms with Crippen LogP contribution in [0.15, 0.2) is 4.79 Å².